The summed E-state index contributed by atoms with van der Waals surface area (Å²) in [7, 11) is 0. The molecule has 0 saturated carbocycles. The first-order chi connectivity index (χ1) is 11.4. The Morgan fingerprint density at radius 2 is 1.83 bits per heavy atom. The van der Waals surface area contributed by atoms with Crippen molar-refractivity contribution >= 4 is 24.1 Å². The number of allylic oxidation sites excluding steroid dienone is 2. The number of amides is 4. The third-order valence-corrected chi connectivity index (χ3v) is 3.68. The molecule has 0 fully saturated rings. The fourth-order valence-electron chi connectivity index (χ4n) is 2.21. The first kappa shape index (κ1) is 19.3. The minimum atomic E-state index is -0.386. The Labute approximate surface area is 141 Å². The van der Waals surface area contributed by atoms with Gasteiger partial charge in [0.2, 0.25) is 6.41 Å². The van der Waals surface area contributed by atoms with Gasteiger partial charge in [0.1, 0.15) is 0 Å². The topological polar surface area (TPSA) is 78.0 Å². The van der Waals surface area contributed by atoms with Gasteiger partial charge in [0.25, 0.3) is 17.7 Å². The van der Waals surface area contributed by atoms with E-state index in [9.17, 15) is 19.2 Å². The molecule has 0 bridgehead atoms. The maximum Gasteiger partial charge on any atom is 0.253 e. The quantitative estimate of drug-likeness (QED) is 0.334. The summed E-state index contributed by atoms with van der Waals surface area (Å²) in [6.45, 7) is 8.81. The molecular weight excluding hydrogens is 310 g/mol. The maximum atomic E-state index is 11.7. The number of carbonyl (C=O) groups is 4. The minimum absolute atomic E-state index is 0.200. The second kappa shape index (κ2) is 9.44. The highest BCUT2D eigenvalue weighted by Crippen LogP contribution is 2.09. The second-order valence-electron chi connectivity index (χ2n) is 5.21. The van der Waals surface area contributed by atoms with Crippen LogP contribution in [0, 0.1) is 0 Å². The van der Waals surface area contributed by atoms with E-state index in [1.54, 1.807) is 13.0 Å². The van der Waals surface area contributed by atoms with Crippen LogP contribution < -0.4 is 0 Å². The van der Waals surface area contributed by atoms with E-state index >= 15 is 0 Å². The Kier molecular flexibility index (Phi) is 7.61. The zero-order chi connectivity index (χ0) is 18.1. The van der Waals surface area contributed by atoms with Gasteiger partial charge in [-0.15, -0.1) is 0 Å². The van der Waals surface area contributed by atoms with Crippen LogP contribution in [-0.2, 0) is 19.2 Å². The van der Waals surface area contributed by atoms with Gasteiger partial charge in [-0.25, -0.2) is 0 Å². The Hall–Kier alpha value is -2.70. The normalized spacial score (nSPS) is 13.7. The molecule has 0 saturated heterocycles. The van der Waals surface area contributed by atoms with E-state index in [2.05, 4.69) is 6.58 Å². The largest absolute Gasteiger partial charge is 0.372 e. The lowest BCUT2D eigenvalue weighted by Crippen LogP contribution is -2.41. The van der Waals surface area contributed by atoms with Crippen LogP contribution in [0.2, 0.25) is 0 Å². The Morgan fingerprint density at radius 3 is 2.33 bits per heavy atom. The first-order valence-corrected chi connectivity index (χ1v) is 7.79. The fourth-order valence-corrected chi connectivity index (χ4v) is 2.21. The summed E-state index contributed by atoms with van der Waals surface area (Å²) in [5.41, 5.74) is 0.811. The molecule has 1 rings (SSSR count). The van der Waals surface area contributed by atoms with Crippen LogP contribution >= 0.6 is 0 Å². The van der Waals surface area contributed by atoms with Gasteiger partial charge in [0.15, 0.2) is 0 Å². The van der Waals surface area contributed by atoms with Crippen molar-refractivity contribution in [2.45, 2.75) is 20.3 Å². The lowest BCUT2D eigenvalue weighted by molar-refractivity contribution is -0.137. The van der Waals surface area contributed by atoms with Crippen molar-refractivity contribution in [3.05, 3.63) is 36.6 Å². The number of carbonyl (C=O) groups excluding carboxylic acids is 4. The Balaban J connectivity index is 2.64. The van der Waals surface area contributed by atoms with Crippen LogP contribution in [0.15, 0.2) is 36.6 Å². The molecule has 0 aliphatic carbocycles. The molecule has 4 amide bonds. The molecule has 7 heteroatoms. The summed E-state index contributed by atoms with van der Waals surface area (Å²) in [6, 6.07) is 0. The smallest absolute Gasteiger partial charge is 0.253 e. The molecule has 0 aromatic heterocycles. The van der Waals surface area contributed by atoms with Crippen molar-refractivity contribution in [1.29, 1.82) is 0 Å². The molecule has 0 aromatic carbocycles. The summed E-state index contributed by atoms with van der Waals surface area (Å²) in [4.78, 5) is 50.1. The van der Waals surface area contributed by atoms with E-state index in [1.165, 1.54) is 18.2 Å². The van der Waals surface area contributed by atoms with Gasteiger partial charge in [-0.1, -0.05) is 19.6 Å². The van der Waals surface area contributed by atoms with Crippen LogP contribution in [0.4, 0.5) is 0 Å². The zero-order valence-corrected chi connectivity index (χ0v) is 14.1. The van der Waals surface area contributed by atoms with E-state index < -0.39 is 0 Å². The zero-order valence-electron chi connectivity index (χ0n) is 14.1. The predicted octanol–water partition coefficient (Wildman–Crippen LogP) is 0.698. The first-order valence-electron chi connectivity index (χ1n) is 7.79. The number of nitrogens with zero attached hydrogens (tertiary/aromatic N) is 3. The molecule has 1 aliphatic rings. The van der Waals surface area contributed by atoms with Crippen molar-refractivity contribution in [2.75, 3.05) is 26.2 Å². The standard InChI is InChI=1S/C17H23N3O4/c1-4-6-15(22)19(13-21)10-9-18(14(3)5-2)11-12-20-16(23)7-8-17(20)24/h4,6-8,13H,3,5,9-12H2,1-2H3/b6-4-. The molecule has 130 valence electrons. The van der Waals surface area contributed by atoms with E-state index in [4.69, 9.17) is 0 Å². The lowest BCUT2D eigenvalue weighted by atomic mass is 10.3. The van der Waals surface area contributed by atoms with E-state index in [-0.39, 0.29) is 30.8 Å². The number of rotatable bonds is 10. The molecule has 1 aliphatic heterocycles. The van der Waals surface area contributed by atoms with Gasteiger partial charge < -0.3 is 4.90 Å². The van der Waals surface area contributed by atoms with Crippen LogP contribution in [0.25, 0.3) is 0 Å². The fraction of sp³-hybridized carbons (Fsp3) is 0.412. The summed E-state index contributed by atoms with van der Waals surface area (Å²) < 4.78 is 0. The van der Waals surface area contributed by atoms with Crippen LogP contribution in [0.5, 0.6) is 0 Å². The van der Waals surface area contributed by atoms with Crippen molar-refractivity contribution < 1.29 is 19.2 Å². The molecule has 0 spiro atoms. The van der Waals surface area contributed by atoms with Gasteiger partial charge >= 0.3 is 0 Å². The van der Waals surface area contributed by atoms with Crippen molar-refractivity contribution in [1.82, 2.24) is 14.7 Å². The molecule has 0 N–H and O–H groups in total. The molecule has 0 unspecified atom stereocenters. The number of hydrogen-bond donors (Lipinski definition) is 0. The van der Waals surface area contributed by atoms with Crippen molar-refractivity contribution in [3.63, 3.8) is 0 Å². The Morgan fingerprint density at radius 1 is 1.21 bits per heavy atom. The van der Waals surface area contributed by atoms with Gasteiger partial charge in [-0.3, -0.25) is 29.0 Å². The van der Waals surface area contributed by atoms with Crippen LogP contribution in [0.1, 0.15) is 20.3 Å². The second-order valence-corrected chi connectivity index (χ2v) is 5.21. The van der Waals surface area contributed by atoms with Crippen LogP contribution in [0.3, 0.4) is 0 Å². The summed E-state index contributed by atoms with van der Waals surface area (Å²) in [6.07, 6.45) is 6.55. The highest BCUT2D eigenvalue weighted by Gasteiger charge is 2.24. The third kappa shape index (κ3) is 5.19. The molecule has 1 heterocycles. The number of imide groups is 2. The summed E-state index contributed by atoms with van der Waals surface area (Å²) in [5, 5.41) is 0. The molecular formula is C17H23N3O4. The minimum Gasteiger partial charge on any atom is -0.372 e. The average Bonchev–Trinajstić information content (AvgIpc) is 2.89. The predicted molar refractivity (Wildman–Crippen MR) is 89.5 cm³/mol. The van der Waals surface area contributed by atoms with Crippen molar-refractivity contribution in [3.8, 4) is 0 Å². The van der Waals surface area contributed by atoms with Gasteiger partial charge in [-0.05, 0) is 19.4 Å². The highest BCUT2D eigenvalue weighted by atomic mass is 16.2. The van der Waals surface area contributed by atoms with E-state index in [1.807, 2.05) is 11.8 Å². The highest BCUT2D eigenvalue weighted by molar-refractivity contribution is 6.12. The average molecular weight is 333 g/mol. The summed E-state index contributed by atoms with van der Waals surface area (Å²) in [5.74, 6) is -1.05. The molecule has 0 aromatic rings. The van der Waals surface area contributed by atoms with E-state index in [0.717, 1.165) is 15.5 Å². The molecule has 0 radical (unpaired) electrons. The monoisotopic (exact) mass is 333 g/mol. The maximum absolute atomic E-state index is 11.7. The van der Waals surface area contributed by atoms with Gasteiger partial charge in [0.05, 0.1) is 0 Å². The summed E-state index contributed by atoms with van der Waals surface area (Å²) >= 11 is 0. The molecule has 7 nitrogen and oxygen atoms in total. The van der Waals surface area contributed by atoms with Gasteiger partial charge in [0, 0.05) is 44.0 Å². The van der Waals surface area contributed by atoms with Gasteiger partial charge in [-0.2, -0.15) is 0 Å². The lowest BCUT2D eigenvalue weighted by Gasteiger charge is -2.29. The third-order valence-electron chi connectivity index (χ3n) is 3.68. The van der Waals surface area contributed by atoms with Crippen molar-refractivity contribution in [2.24, 2.45) is 0 Å². The molecule has 0 atom stereocenters. The number of hydrogen-bond acceptors (Lipinski definition) is 5. The Bertz CT molecular complexity index is 562. The van der Waals surface area contributed by atoms with E-state index in [0.29, 0.717) is 25.9 Å². The van der Waals surface area contributed by atoms with Crippen LogP contribution in [-0.4, -0.2) is 65.0 Å². The molecule has 24 heavy (non-hydrogen) atoms. The SMILES string of the molecule is C=C(CC)N(CCN(C=O)C(=O)/C=C\C)CCN1C(=O)C=CC1=O.